The fraction of sp³-hybridized carbons (Fsp3) is 1.00. The highest BCUT2D eigenvalue weighted by atomic mass is 14.0. The third-order valence-corrected chi connectivity index (χ3v) is 5.44. The van der Waals surface area contributed by atoms with Crippen molar-refractivity contribution in [2.24, 2.45) is 35.5 Å². The fourth-order valence-electron chi connectivity index (χ4n) is 3.32. The molecule has 0 saturated heterocycles. The first kappa shape index (κ1) is 72.9. The molecule has 0 amide bonds. The second-order valence-electron chi connectivity index (χ2n) is 12.2. The first-order chi connectivity index (χ1) is 16.9. The van der Waals surface area contributed by atoms with Gasteiger partial charge in [-0.15, -0.1) is 0 Å². The summed E-state index contributed by atoms with van der Waals surface area (Å²) in [6, 6.07) is 0. The second-order valence-corrected chi connectivity index (χ2v) is 12.2. The molecule has 0 aliphatic carbocycles. The maximum absolute atomic E-state index is 2.30. The van der Waals surface area contributed by atoms with Gasteiger partial charge >= 0.3 is 0 Å². The van der Waals surface area contributed by atoms with Crippen molar-refractivity contribution >= 4 is 0 Å². The maximum atomic E-state index is 2.30. The van der Waals surface area contributed by atoms with Gasteiger partial charge in [0.1, 0.15) is 0 Å². The van der Waals surface area contributed by atoms with Crippen molar-refractivity contribution in [2.75, 3.05) is 0 Å². The van der Waals surface area contributed by atoms with Crippen LogP contribution < -0.4 is 0 Å². The summed E-state index contributed by atoms with van der Waals surface area (Å²) in [4.78, 5) is 0. The predicted molar refractivity (Wildman–Crippen MR) is 212 cm³/mol. The molecule has 0 heterocycles. The van der Waals surface area contributed by atoms with Crippen LogP contribution in [0.2, 0.25) is 0 Å². The highest BCUT2D eigenvalue weighted by molar-refractivity contribution is 4.51. The third-order valence-electron chi connectivity index (χ3n) is 5.44. The lowest BCUT2D eigenvalue weighted by molar-refractivity contribution is 0.483. The molecule has 0 aliphatic heterocycles. The molecule has 0 spiro atoms. The molecule has 0 heteroatoms. The molecule has 0 fully saturated rings. The quantitative estimate of drug-likeness (QED) is 0.165. The Morgan fingerprint density at radius 1 is 0.220 bits per heavy atom. The summed E-state index contributed by atoms with van der Waals surface area (Å²) < 4.78 is 0. The van der Waals surface area contributed by atoms with E-state index < -0.39 is 0 Å². The van der Waals surface area contributed by atoms with Gasteiger partial charge in [0.2, 0.25) is 0 Å². The van der Waals surface area contributed by atoms with Gasteiger partial charge in [0.05, 0.1) is 0 Å². The van der Waals surface area contributed by atoms with E-state index in [-0.39, 0.29) is 37.1 Å². The molecule has 0 aromatic heterocycles. The van der Waals surface area contributed by atoms with Crippen LogP contribution in [0.15, 0.2) is 0 Å². The molecule has 0 aromatic carbocycles. The van der Waals surface area contributed by atoms with Gasteiger partial charge in [-0.2, -0.15) is 0 Å². The number of unbranched alkanes of at least 4 members (excludes halogenated alkanes) is 3. The van der Waals surface area contributed by atoms with E-state index in [2.05, 4.69) is 83.1 Å². The van der Waals surface area contributed by atoms with Crippen molar-refractivity contribution in [2.45, 2.75) is 239 Å². The Labute approximate surface area is 273 Å². The van der Waals surface area contributed by atoms with E-state index in [1.54, 1.807) is 0 Å². The summed E-state index contributed by atoms with van der Waals surface area (Å²) in [5.41, 5.74) is 0. The van der Waals surface area contributed by atoms with Crippen LogP contribution in [0.5, 0.6) is 0 Å². The van der Waals surface area contributed by atoms with Gasteiger partial charge < -0.3 is 0 Å². The largest absolute Gasteiger partial charge is 0.0776 e. The Morgan fingerprint density at radius 2 is 0.293 bits per heavy atom. The van der Waals surface area contributed by atoms with Gasteiger partial charge in [-0.25, -0.2) is 0 Å². The lowest BCUT2D eigenvalue weighted by Crippen LogP contribution is -1.90. The van der Waals surface area contributed by atoms with E-state index >= 15 is 0 Å². The third kappa shape index (κ3) is 131. The van der Waals surface area contributed by atoms with Gasteiger partial charge in [-0.1, -0.05) is 239 Å². The van der Waals surface area contributed by atoms with E-state index in [0.29, 0.717) is 0 Å². The first-order valence-electron chi connectivity index (χ1n) is 16.9. The number of rotatable bonds is 15. The van der Waals surface area contributed by atoms with E-state index in [1.165, 1.54) is 77.0 Å². The summed E-state index contributed by atoms with van der Waals surface area (Å²) in [5, 5.41) is 0. The van der Waals surface area contributed by atoms with Crippen LogP contribution >= 0.6 is 0 Å². The van der Waals surface area contributed by atoms with Crippen LogP contribution in [0.4, 0.5) is 0 Å². The van der Waals surface area contributed by atoms with Crippen molar-refractivity contribution in [1.82, 2.24) is 0 Å². The van der Waals surface area contributed by atoms with E-state index in [9.17, 15) is 0 Å². The first-order valence-corrected chi connectivity index (χ1v) is 16.9. The van der Waals surface area contributed by atoms with Crippen LogP contribution in [0.3, 0.4) is 0 Å². The van der Waals surface area contributed by atoms with Crippen molar-refractivity contribution in [1.29, 1.82) is 0 Å². The monoisotopic (exact) mass is 597 g/mol. The molecule has 0 aliphatic rings. The summed E-state index contributed by atoms with van der Waals surface area (Å²) in [7, 11) is 0. The molecule has 0 unspecified atom stereocenters. The van der Waals surface area contributed by atoms with Gasteiger partial charge in [-0.05, 0) is 35.5 Å². The lowest BCUT2D eigenvalue weighted by Gasteiger charge is -2.05. The minimum absolute atomic E-state index is 0. The number of hydrogen-bond acceptors (Lipinski definition) is 0. The van der Waals surface area contributed by atoms with Gasteiger partial charge in [0, 0.05) is 0 Å². The topological polar surface area (TPSA) is 0 Å². The normalized spacial score (nSPS) is 8.78. The Kier molecular flexibility index (Phi) is 120. The second kappa shape index (κ2) is 67.6. The van der Waals surface area contributed by atoms with E-state index in [0.717, 1.165) is 35.5 Å². The highest BCUT2D eigenvalue weighted by Gasteiger charge is 1.97. The van der Waals surface area contributed by atoms with Crippen LogP contribution in [0.25, 0.3) is 0 Å². The Hall–Kier alpha value is 0. The highest BCUT2D eigenvalue weighted by Crippen LogP contribution is 2.13. The molecule has 0 bridgehead atoms. The van der Waals surface area contributed by atoms with Crippen molar-refractivity contribution < 1.29 is 0 Å². The minimum atomic E-state index is 0. The summed E-state index contributed by atoms with van der Waals surface area (Å²) in [6.07, 6.45) is 17.0. The molecule has 0 atom stereocenters. The van der Waals surface area contributed by atoms with E-state index in [4.69, 9.17) is 0 Å². The molecule has 0 nitrogen and oxygen atoms in total. The summed E-state index contributed by atoms with van der Waals surface area (Å²) >= 11 is 0. The van der Waals surface area contributed by atoms with Crippen LogP contribution in [-0.4, -0.2) is 0 Å². The lowest BCUT2D eigenvalue weighted by atomic mass is 10.0. The zero-order valence-corrected chi connectivity index (χ0v) is 29.9. The average molecular weight is 597 g/mol. The Morgan fingerprint density at radius 3 is 0.341 bits per heavy atom. The molecule has 0 N–H and O–H groups in total. The van der Waals surface area contributed by atoms with Gasteiger partial charge in [0.25, 0.3) is 0 Å². The van der Waals surface area contributed by atoms with Crippen molar-refractivity contribution in [3.63, 3.8) is 0 Å². The van der Waals surface area contributed by atoms with Crippen LogP contribution in [0, 0.1) is 35.5 Å². The standard InChI is InChI=1S/3C10H22.3C2H6.5CH4/c3*1-9(2)7-5-6-8-10(3)4;3*1-2;;;;;/h3*9-10H,5-8H2,1-4H3;3*1-2H3;5*1H4. The van der Waals surface area contributed by atoms with Crippen LogP contribution in [-0.2, 0) is 0 Å². The molecule has 0 saturated carbocycles. The zero-order valence-electron chi connectivity index (χ0n) is 29.9. The van der Waals surface area contributed by atoms with Gasteiger partial charge in [-0.3, -0.25) is 0 Å². The molecular formula is C41H104. The Bertz CT molecular complexity index is 205. The average Bonchev–Trinajstić information content (AvgIpc) is 2.81. The van der Waals surface area contributed by atoms with E-state index in [1.807, 2.05) is 41.5 Å². The minimum Gasteiger partial charge on any atom is -0.0776 e. The number of hydrogen-bond donors (Lipinski definition) is 0. The summed E-state index contributed by atoms with van der Waals surface area (Å²) in [5.74, 6) is 5.37. The summed E-state index contributed by atoms with van der Waals surface area (Å²) in [6.45, 7) is 39.6. The Balaban J connectivity index is -0.0000000316. The van der Waals surface area contributed by atoms with Gasteiger partial charge in [0.15, 0.2) is 0 Å². The molecular weight excluding hydrogens is 492 g/mol. The molecule has 0 aromatic rings. The SMILES string of the molecule is C.C.C.C.C.CC.CC.CC.CC(C)CCCCC(C)C.CC(C)CCCCC(C)C.CC(C)CCCCC(C)C. The molecule has 0 radical (unpaired) electrons. The fourth-order valence-corrected chi connectivity index (χ4v) is 3.32. The molecule has 41 heavy (non-hydrogen) atoms. The smallest absolute Gasteiger partial charge is 0.0471 e. The van der Waals surface area contributed by atoms with Crippen LogP contribution in [0.1, 0.15) is 239 Å². The molecule has 0 rings (SSSR count). The van der Waals surface area contributed by atoms with Crippen molar-refractivity contribution in [3.8, 4) is 0 Å². The predicted octanol–water partition coefficient (Wildman–Crippen LogP) is 17.8. The zero-order chi connectivity index (χ0) is 29.9. The van der Waals surface area contributed by atoms with Crippen molar-refractivity contribution in [3.05, 3.63) is 0 Å². The maximum Gasteiger partial charge on any atom is -0.0471 e. The molecule has 268 valence electrons.